The summed E-state index contributed by atoms with van der Waals surface area (Å²) in [5.74, 6) is 1.73. The van der Waals surface area contributed by atoms with Gasteiger partial charge in [-0.05, 0) is 30.9 Å². The Morgan fingerprint density at radius 1 is 1.27 bits per heavy atom. The molecule has 2 aromatic rings. The molecule has 2 aliphatic heterocycles. The summed E-state index contributed by atoms with van der Waals surface area (Å²) in [5, 5.41) is 8.33. The van der Waals surface area contributed by atoms with Crippen LogP contribution in [0.15, 0.2) is 30.5 Å². The Labute approximate surface area is 154 Å². The van der Waals surface area contributed by atoms with Crippen molar-refractivity contribution in [3.8, 4) is 0 Å². The number of benzene rings is 1. The molecule has 1 aromatic heterocycles. The van der Waals surface area contributed by atoms with Gasteiger partial charge in [-0.2, -0.15) is 10.1 Å². The zero-order valence-electron chi connectivity index (χ0n) is 14.9. The van der Waals surface area contributed by atoms with Crippen molar-refractivity contribution in [1.29, 1.82) is 0 Å². The fourth-order valence-corrected chi connectivity index (χ4v) is 5.57. The van der Waals surface area contributed by atoms with Gasteiger partial charge >= 0.3 is 0 Å². The number of hydrogen-bond acceptors (Lipinski definition) is 7. The zero-order chi connectivity index (χ0) is 18.1. The predicted octanol–water partition coefficient (Wildman–Crippen LogP) is 1.45. The number of rotatable bonds is 4. The molecule has 8 heteroatoms. The minimum absolute atomic E-state index is 0.0656. The third kappa shape index (κ3) is 3.38. The van der Waals surface area contributed by atoms with E-state index in [2.05, 4.69) is 39.4 Å². The largest absolute Gasteiger partial charge is 0.350 e. The summed E-state index contributed by atoms with van der Waals surface area (Å²) in [6.07, 6.45) is 3.30. The molecule has 26 heavy (non-hydrogen) atoms. The molecular weight excluding hydrogens is 350 g/mol. The van der Waals surface area contributed by atoms with Crippen LogP contribution in [0.1, 0.15) is 24.5 Å². The zero-order valence-corrected chi connectivity index (χ0v) is 15.7. The van der Waals surface area contributed by atoms with E-state index in [0.29, 0.717) is 18.9 Å². The fourth-order valence-electron chi connectivity index (χ4n) is 3.84. The van der Waals surface area contributed by atoms with Crippen molar-refractivity contribution in [2.24, 2.45) is 0 Å². The Morgan fingerprint density at radius 3 is 2.81 bits per heavy atom. The number of hydrogen-bond donors (Lipinski definition) is 0. The Hall–Kier alpha value is -2.22. The molecule has 0 N–H and O–H groups in total. The topological polar surface area (TPSA) is 79.3 Å². The number of fused-ring (bicyclic) bond motifs is 1. The summed E-state index contributed by atoms with van der Waals surface area (Å²) in [7, 11) is -2.95. The molecule has 0 radical (unpaired) electrons. The Kier molecular flexibility index (Phi) is 4.52. The van der Waals surface area contributed by atoms with E-state index in [-0.39, 0.29) is 17.5 Å². The second kappa shape index (κ2) is 6.83. The predicted molar refractivity (Wildman–Crippen MR) is 101 cm³/mol. The lowest BCUT2D eigenvalue weighted by atomic mass is 10.0. The van der Waals surface area contributed by atoms with E-state index in [9.17, 15) is 8.42 Å². The van der Waals surface area contributed by atoms with Crippen LogP contribution in [0.4, 0.5) is 11.8 Å². The Balaban J connectivity index is 1.57. The molecule has 3 heterocycles. The minimum Gasteiger partial charge on any atom is -0.350 e. The second-order valence-corrected chi connectivity index (χ2v) is 9.13. The average Bonchev–Trinajstić information content (AvgIpc) is 3.02. The van der Waals surface area contributed by atoms with Crippen LogP contribution in [-0.2, 0) is 22.8 Å². The lowest BCUT2D eigenvalue weighted by Crippen LogP contribution is -2.38. The van der Waals surface area contributed by atoms with Crippen LogP contribution in [0, 0.1) is 0 Å². The smallest absolute Gasteiger partial charge is 0.247 e. The number of nitrogens with zero attached hydrogens (tertiary/aromatic N) is 5. The van der Waals surface area contributed by atoms with Gasteiger partial charge in [-0.15, -0.1) is 5.10 Å². The highest BCUT2D eigenvalue weighted by atomic mass is 32.2. The molecule has 1 unspecified atom stereocenters. The molecule has 0 spiro atoms. The summed E-state index contributed by atoms with van der Waals surface area (Å²) >= 11 is 0. The van der Waals surface area contributed by atoms with E-state index in [0.717, 1.165) is 25.3 Å². The van der Waals surface area contributed by atoms with Crippen LogP contribution in [0.3, 0.4) is 0 Å². The summed E-state index contributed by atoms with van der Waals surface area (Å²) in [5.41, 5.74) is 2.70. The molecule has 138 valence electrons. The highest BCUT2D eigenvalue weighted by molar-refractivity contribution is 7.91. The molecule has 1 saturated heterocycles. The third-order valence-electron chi connectivity index (χ3n) is 5.24. The maximum Gasteiger partial charge on any atom is 0.247 e. The summed E-state index contributed by atoms with van der Waals surface area (Å²) in [6.45, 7) is 4.35. The number of anilines is 2. The monoisotopic (exact) mass is 373 g/mol. The minimum atomic E-state index is -2.95. The summed E-state index contributed by atoms with van der Waals surface area (Å²) < 4.78 is 23.7. The van der Waals surface area contributed by atoms with Crippen molar-refractivity contribution >= 4 is 21.6 Å². The quantitative estimate of drug-likeness (QED) is 0.802. The van der Waals surface area contributed by atoms with Gasteiger partial charge in [0.25, 0.3) is 0 Å². The SMILES string of the molecule is CCN(c1nncc(N2CCc3ccccc3C2)n1)C1CCS(=O)(=O)C1. The molecule has 4 rings (SSSR count). The molecule has 0 bridgehead atoms. The van der Waals surface area contributed by atoms with Crippen molar-refractivity contribution in [2.75, 3.05) is 34.4 Å². The molecule has 1 atom stereocenters. The van der Waals surface area contributed by atoms with Gasteiger partial charge in [0, 0.05) is 25.7 Å². The highest BCUT2D eigenvalue weighted by Gasteiger charge is 2.33. The average molecular weight is 373 g/mol. The van der Waals surface area contributed by atoms with Crippen LogP contribution < -0.4 is 9.80 Å². The van der Waals surface area contributed by atoms with Crippen molar-refractivity contribution in [3.63, 3.8) is 0 Å². The first kappa shape index (κ1) is 17.2. The van der Waals surface area contributed by atoms with Gasteiger partial charge in [0.2, 0.25) is 5.95 Å². The number of sulfone groups is 1. The first-order valence-corrected chi connectivity index (χ1v) is 10.9. The van der Waals surface area contributed by atoms with Gasteiger partial charge in [-0.25, -0.2) is 8.42 Å². The Bertz CT molecular complexity index is 902. The summed E-state index contributed by atoms with van der Waals surface area (Å²) in [4.78, 5) is 8.90. The van der Waals surface area contributed by atoms with Crippen LogP contribution in [0.2, 0.25) is 0 Å². The second-order valence-electron chi connectivity index (χ2n) is 6.90. The van der Waals surface area contributed by atoms with Crippen LogP contribution in [0.5, 0.6) is 0 Å². The maximum absolute atomic E-state index is 11.8. The molecule has 1 fully saturated rings. The molecule has 0 amide bonds. The maximum atomic E-state index is 11.8. The molecular formula is C18H23N5O2S. The molecule has 0 saturated carbocycles. The van der Waals surface area contributed by atoms with E-state index < -0.39 is 9.84 Å². The van der Waals surface area contributed by atoms with E-state index in [1.165, 1.54) is 11.1 Å². The normalized spacial score (nSPS) is 21.4. The van der Waals surface area contributed by atoms with Crippen molar-refractivity contribution in [3.05, 3.63) is 41.6 Å². The first-order valence-electron chi connectivity index (χ1n) is 9.04. The van der Waals surface area contributed by atoms with Gasteiger partial charge in [-0.3, -0.25) is 0 Å². The Morgan fingerprint density at radius 2 is 2.08 bits per heavy atom. The lowest BCUT2D eigenvalue weighted by molar-refractivity contribution is 0.598. The van der Waals surface area contributed by atoms with E-state index in [1.807, 2.05) is 11.8 Å². The molecule has 0 aliphatic carbocycles. The molecule has 7 nitrogen and oxygen atoms in total. The van der Waals surface area contributed by atoms with Gasteiger partial charge in [0.15, 0.2) is 15.7 Å². The third-order valence-corrected chi connectivity index (χ3v) is 6.99. The van der Waals surface area contributed by atoms with Crippen LogP contribution >= 0.6 is 0 Å². The van der Waals surface area contributed by atoms with Gasteiger partial charge < -0.3 is 9.80 Å². The van der Waals surface area contributed by atoms with Crippen molar-refractivity contribution < 1.29 is 8.42 Å². The van der Waals surface area contributed by atoms with Gasteiger partial charge in [0.1, 0.15) is 0 Å². The van der Waals surface area contributed by atoms with Gasteiger partial charge in [-0.1, -0.05) is 24.3 Å². The molecule has 2 aliphatic rings. The van der Waals surface area contributed by atoms with E-state index in [4.69, 9.17) is 4.98 Å². The van der Waals surface area contributed by atoms with Crippen molar-refractivity contribution in [2.45, 2.75) is 32.4 Å². The standard InChI is InChI=1S/C18H23N5O2S/c1-2-23(16-8-10-26(24,25)13-16)18-20-17(11-19-21-18)22-9-7-14-5-3-4-6-15(14)12-22/h3-6,11,16H,2,7-10,12-13H2,1H3. The van der Waals surface area contributed by atoms with E-state index >= 15 is 0 Å². The highest BCUT2D eigenvalue weighted by Crippen LogP contribution is 2.25. The fraction of sp³-hybridized carbons (Fsp3) is 0.500. The molecule has 1 aromatic carbocycles. The van der Waals surface area contributed by atoms with Crippen LogP contribution in [-0.4, -0.2) is 54.2 Å². The lowest BCUT2D eigenvalue weighted by Gasteiger charge is -2.31. The number of aromatic nitrogens is 3. The van der Waals surface area contributed by atoms with Crippen molar-refractivity contribution in [1.82, 2.24) is 15.2 Å². The van der Waals surface area contributed by atoms with E-state index in [1.54, 1.807) is 6.20 Å². The first-order chi connectivity index (χ1) is 12.6. The van der Waals surface area contributed by atoms with Gasteiger partial charge in [0.05, 0.1) is 17.7 Å². The van der Waals surface area contributed by atoms with Crippen LogP contribution in [0.25, 0.3) is 0 Å². The summed E-state index contributed by atoms with van der Waals surface area (Å²) in [6, 6.07) is 8.40.